The number of likely N-dealkylation sites (tertiary alicyclic amines) is 1. The van der Waals surface area contributed by atoms with Crippen molar-refractivity contribution >= 4 is 29.3 Å². The van der Waals surface area contributed by atoms with E-state index < -0.39 is 0 Å². The van der Waals surface area contributed by atoms with Gasteiger partial charge in [-0.25, -0.2) is 4.39 Å². The number of piperidine rings is 1. The molecule has 0 radical (unpaired) electrons. The van der Waals surface area contributed by atoms with Gasteiger partial charge in [0.05, 0.1) is 5.92 Å². The molecule has 29 heavy (non-hydrogen) atoms. The van der Waals surface area contributed by atoms with Crippen LogP contribution in [-0.4, -0.2) is 36.2 Å². The summed E-state index contributed by atoms with van der Waals surface area (Å²) in [6, 6.07) is 13.3. The third-order valence-electron chi connectivity index (χ3n) is 5.25. The average Bonchev–Trinajstić information content (AvgIpc) is 2.72. The minimum atomic E-state index is -0.283. The van der Waals surface area contributed by atoms with E-state index in [1.54, 1.807) is 12.1 Å². The summed E-state index contributed by atoms with van der Waals surface area (Å²) in [5.41, 5.74) is 3.09. The standard InChI is InChI=1S/C23H28ClFN2OS/c1-17-7-9-18(10-8-17)16-29-13-11-26-23(28)19-4-3-12-27(14-19)15-20-21(24)5-2-6-22(20)25/h2,5-10,19H,3-4,11-16H2,1H3,(H,26,28). The molecule has 0 aromatic heterocycles. The first-order valence-electron chi connectivity index (χ1n) is 10.1. The van der Waals surface area contributed by atoms with E-state index >= 15 is 0 Å². The first-order chi connectivity index (χ1) is 14.0. The van der Waals surface area contributed by atoms with Crippen LogP contribution < -0.4 is 5.32 Å². The summed E-state index contributed by atoms with van der Waals surface area (Å²) < 4.78 is 14.0. The van der Waals surface area contributed by atoms with Crippen LogP contribution in [0.4, 0.5) is 4.39 Å². The molecule has 0 aliphatic carbocycles. The maximum Gasteiger partial charge on any atom is 0.224 e. The minimum Gasteiger partial charge on any atom is -0.355 e. The molecule has 2 aromatic carbocycles. The number of halogens is 2. The Morgan fingerprint density at radius 1 is 1.28 bits per heavy atom. The van der Waals surface area contributed by atoms with E-state index in [-0.39, 0.29) is 17.6 Å². The van der Waals surface area contributed by atoms with Gasteiger partial charge in [0.1, 0.15) is 5.82 Å². The van der Waals surface area contributed by atoms with Gasteiger partial charge in [0.15, 0.2) is 0 Å². The van der Waals surface area contributed by atoms with Crippen LogP contribution in [0.5, 0.6) is 0 Å². The first kappa shape index (κ1) is 22.1. The Hall–Kier alpha value is -1.56. The number of nitrogens with zero attached hydrogens (tertiary/aromatic N) is 1. The van der Waals surface area contributed by atoms with Crippen molar-refractivity contribution in [3.05, 3.63) is 70.0 Å². The molecule has 1 heterocycles. The largest absolute Gasteiger partial charge is 0.355 e. The molecule has 1 unspecified atom stereocenters. The summed E-state index contributed by atoms with van der Waals surface area (Å²) in [7, 11) is 0. The lowest BCUT2D eigenvalue weighted by Gasteiger charge is -2.32. The number of carbonyl (C=O) groups is 1. The molecular formula is C23H28ClFN2OS. The van der Waals surface area contributed by atoms with E-state index in [0.717, 1.165) is 30.9 Å². The van der Waals surface area contributed by atoms with Gasteiger partial charge in [-0.3, -0.25) is 9.69 Å². The molecule has 1 N–H and O–H groups in total. The second kappa shape index (κ2) is 11.0. The summed E-state index contributed by atoms with van der Waals surface area (Å²) in [4.78, 5) is 14.7. The van der Waals surface area contributed by atoms with Gasteiger partial charge in [-0.1, -0.05) is 47.5 Å². The van der Waals surface area contributed by atoms with Crippen molar-refractivity contribution in [2.75, 3.05) is 25.4 Å². The van der Waals surface area contributed by atoms with Gasteiger partial charge in [-0.15, -0.1) is 0 Å². The molecule has 156 valence electrons. The Labute approximate surface area is 182 Å². The summed E-state index contributed by atoms with van der Waals surface area (Å²) in [6.45, 7) is 4.71. The van der Waals surface area contributed by atoms with Crippen molar-refractivity contribution in [3.63, 3.8) is 0 Å². The van der Waals surface area contributed by atoms with Crippen molar-refractivity contribution in [1.82, 2.24) is 10.2 Å². The topological polar surface area (TPSA) is 32.3 Å². The van der Waals surface area contributed by atoms with Crippen molar-refractivity contribution < 1.29 is 9.18 Å². The third-order valence-corrected chi connectivity index (χ3v) is 6.64. The second-order valence-corrected chi connectivity index (χ2v) is 9.12. The number of rotatable bonds is 8. The second-order valence-electron chi connectivity index (χ2n) is 7.60. The normalized spacial score (nSPS) is 17.3. The van der Waals surface area contributed by atoms with E-state index in [2.05, 4.69) is 41.4 Å². The third kappa shape index (κ3) is 6.73. The van der Waals surface area contributed by atoms with Crippen LogP contribution in [0.25, 0.3) is 0 Å². The van der Waals surface area contributed by atoms with Crippen LogP contribution in [0.1, 0.15) is 29.5 Å². The van der Waals surface area contributed by atoms with Crippen LogP contribution in [0.2, 0.25) is 5.02 Å². The molecule has 3 nitrogen and oxygen atoms in total. The Bertz CT molecular complexity index is 795. The quantitative estimate of drug-likeness (QED) is 0.590. The molecule has 1 fully saturated rings. The maximum absolute atomic E-state index is 14.0. The number of nitrogens with one attached hydrogen (secondary N) is 1. The summed E-state index contributed by atoms with van der Waals surface area (Å²) >= 11 is 7.97. The van der Waals surface area contributed by atoms with E-state index in [0.29, 0.717) is 30.2 Å². The summed E-state index contributed by atoms with van der Waals surface area (Å²) in [5.74, 6) is 1.62. The minimum absolute atomic E-state index is 0.0450. The van der Waals surface area contributed by atoms with Crippen molar-refractivity contribution in [3.8, 4) is 0 Å². The molecule has 3 rings (SSSR count). The molecule has 1 aliphatic rings. The van der Waals surface area contributed by atoms with E-state index in [1.807, 2.05) is 11.8 Å². The molecule has 1 amide bonds. The molecule has 0 bridgehead atoms. The van der Waals surface area contributed by atoms with Gasteiger partial charge >= 0.3 is 0 Å². The van der Waals surface area contributed by atoms with Crippen molar-refractivity contribution in [1.29, 1.82) is 0 Å². The zero-order chi connectivity index (χ0) is 20.6. The lowest BCUT2D eigenvalue weighted by atomic mass is 9.96. The highest BCUT2D eigenvalue weighted by molar-refractivity contribution is 7.98. The molecule has 1 saturated heterocycles. The van der Waals surface area contributed by atoms with Crippen molar-refractivity contribution in [2.45, 2.75) is 32.1 Å². The Morgan fingerprint density at radius 2 is 2.07 bits per heavy atom. The highest BCUT2D eigenvalue weighted by Crippen LogP contribution is 2.24. The summed E-state index contributed by atoms with van der Waals surface area (Å²) in [6.07, 6.45) is 1.82. The zero-order valence-corrected chi connectivity index (χ0v) is 18.4. The Balaban J connectivity index is 1.39. The predicted octanol–water partition coefficient (Wildman–Crippen LogP) is 5.05. The number of benzene rings is 2. The van der Waals surface area contributed by atoms with Gasteiger partial charge in [-0.05, 0) is 44.0 Å². The average molecular weight is 435 g/mol. The monoisotopic (exact) mass is 434 g/mol. The maximum atomic E-state index is 14.0. The van der Waals surface area contributed by atoms with E-state index in [9.17, 15) is 9.18 Å². The zero-order valence-electron chi connectivity index (χ0n) is 16.8. The van der Waals surface area contributed by atoms with Crippen LogP contribution in [0.15, 0.2) is 42.5 Å². The van der Waals surface area contributed by atoms with Gasteiger partial charge in [0.25, 0.3) is 0 Å². The summed E-state index contributed by atoms with van der Waals surface area (Å²) in [5, 5.41) is 3.51. The number of amides is 1. The van der Waals surface area contributed by atoms with Gasteiger partial charge in [0.2, 0.25) is 5.91 Å². The number of thioether (sulfide) groups is 1. The first-order valence-corrected chi connectivity index (χ1v) is 11.6. The Morgan fingerprint density at radius 3 is 2.83 bits per heavy atom. The van der Waals surface area contributed by atoms with Crippen LogP contribution in [-0.2, 0) is 17.1 Å². The fraction of sp³-hybridized carbons (Fsp3) is 0.435. The number of hydrogen-bond acceptors (Lipinski definition) is 3. The lowest BCUT2D eigenvalue weighted by molar-refractivity contribution is -0.126. The van der Waals surface area contributed by atoms with Crippen LogP contribution in [0.3, 0.4) is 0 Å². The molecule has 1 aliphatic heterocycles. The van der Waals surface area contributed by atoms with Crippen molar-refractivity contribution in [2.24, 2.45) is 5.92 Å². The highest BCUT2D eigenvalue weighted by Gasteiger charge is 2.26. The van der Waals surface area contributed by atoms with Gasteiger partial charge in [0, 0.05) is 41.7 Å². The highest BCUT2D eigenvalue weighted by atomic mass is 35.5. The molecular weight excluding hydrogens is 407 g/mol. The molecule has 6 heteroatoms. The number of hydrogen-bond donors (Lipinski definition) is 1. The van der Waals surface area contributed by atoms with E-state index in [1.165, 1.54) is 17.2 Å². The smallest absolute Gasteiger partial charge is 0.224 e. The van der Waals surface area contributed by atoms with Crippen LogP contribution in [0, 0.1) is 18.7 Å². The fourth-order valence-corrected chi connectivity index (χ4v) is 4.63. The number of carbonyl (C=O) groups excluding carboxylic acids is 1. The molecule has 0 saturated carbocycles. The Kier molecular flexibility index (Phi) is 8.40. The van der Waals surface area contributed by atoms with Gasteiger partial charge in [-0.2, -0.15) is 11.8 Å². The molecule has 0 spiro atoms. The SMILES string of the molecule is Cc1ccc(CSCCNC(=O)C2CCCN(Cc3c(F)cccc3Cl)C2)cc1. The molecule has 1 atom stereocenters. The van der Waals surface area contributed by atoms with Crippen LogP contribution >= 0.6 is 23.4 Å². The van der Waals surface area contributed by atoms with E-state index in [4.69, 9.17) is 11.6 Å². The van der Waals surface area contributed by atoms with Gasteiger partial charge < -0.3 is 5.32 Å². The lowest BCUT2D eigenvalue weighted by Crippen LogP contribution is -2.43. The molecule has 2 aromatic rings. The fourth-order valence-electron chi connectivity index (χ4n) is 3.59. The predicted molar refractivity (Wildman–Crippen MR) is 120 cm³/mol. The number of aryl methyl sites for hydroxylation is 1.